The predicted molar refractivity (Wildman–Crippen MR) is 77.2 cm³/mol. The van der Waals surface area contributed by atoms with Gasteiger partial charge in [-0.2, -0.15) is 15.4 Å². The van der Waals surface area contributed by atoms with Crippen LogP contribution in [0.1, 0.15) is 23.5 Å². The van der Waals surface area contributed by atoms with Crippen LogP contribution >= 0.6 is 11.3 Å². The Morgan fingerprint density at radius 2 is 2.10 bits per heavy atom. The van der Waals surface area contributed by atoms with Crippen LogP contribution < -0.4 is 5.32 Å². The number of hydrogen-bond acceptors (Lipinski definition) is 6. The van der Waals surface area contributed by atoms with Crippen molar-refractivity contribution in [1.82, 2.24) is 30.9 Å². The minimum Gasteiger partial charge on any atom is -0.304 e. The summed E-state index contributed by atoms with van der Waals surface area (Å²) in [5.41, 5.74) is 1.90. The van der Waals surface area contributed by atoms with Gasteiger partial charge < -0.3 is 5.32 Å². The fourth-order valence-electron chi connectivity index (χ4n) is 1.96. The van der Waals surface area contributed by atoms with Crippen LogP contribution in [0.4, 0.5) is 0 Å². The van der Waals surface area contributed by atoms with E-state index in [1.807, 2.05) is 18.2 Å². The van der Waals surface area contributed by atoms with Gasteiger partial charge in [0.05, 0.1) is 12.2 Å². The first-order valence-electron chi connectivity index (χ1n) is 6.36. The molecule has 0 radical (unpaired) electrons. The normalized spacial score (nSPS) is 12.4. The van der Waals surface area contributed by atoms with Crippen molar-refractivity contribution < 1.29 is 0 Å². The Hall–Kier alpha value is -2.12. The molecule has 0 spiro atoms. The molecule has 0 aliphatic rings. The SMILES string of the molecule is CCNC(c1ccccc1)c1nnc(-c2cn[nH]n2)s1. The van der Waals surface area contributed by atoms with E-state index in [-0.39, 0.29) is 6.04 Å². The molecular weight excluding hydrogens is 272 g/mol. The molecule has 2 heterocycles. The molecule has 1 aromatic carbocycles. The van der Waals surface area contributed by atoms with E-state index >= 15 is 0 Å². The number of rotatable bonds is 5. The van der Waals surface area contributed by atoms with E-state index in [0.717, 1.165) is 22.3 Å². The third-order valence-electron chi connectivity index (χ3n) is 2.86. The number of nitrogens with one attached hydrogen (secondary N) is 2. The van der Waals surface area contributed by atoms with Crippen LogP contribution in [0.3, 0.4) is 0 Å². The molecular formula is C13H14N6S. The number of hydrogen-bond donors (Lipinski definition) is 2. The van der Waals surface area contributed by atoms with Crippen LogP contribution in [-0.2, 0) is 0 Å². The summed E-state index contributed by atoms with van der Waals surface area (Å²) in [5.74, 6) is 0. The van der Waals surface area contributed by atoms with E-state index in [2.05, 4.69) is 50.0 Å². The van der Waals surface area contributed by atoms with Crippen molar-refractivity contribution in [1.29, 1.82) is 0 Å². The van der Waals surface area contributed by atoms with Crippen LogP contribution in [0.2, 0.25) is 0 Å². The van der Waals surface area contributed by atoms with Crippen LogP contribution in [0.5, 0.6) is 0 Å². The van der Waals surface area contributed by atoms with Crippen molar-refractivity contribution in [3.8, 4) is 10.7 Å². The third kappa shape index (κ3) is 2.59. The van der Waals surface area contributed by atoms with Gasteiger partial charge in [-0.1, -0.05) is 48.6 Å². The summed E-state index contributed by atoms with van der Waals surface area (Å²) in [5, 5.41) is 24.0. The highest BCUT2D eigenvalue weighted by molar-refractivity contribution is 7.14. The molecule has 20 heavy (non-hydrogen) atoms. The molecule has 3 aromatic rings. The number of nitrogens with zero attached hydrogens (tertiary/aromatic N) is 4. The second-order valence-electron chi connectivity index (χ2n) is 4.20. The molecule has 2 aromatic heterocycles. The molecule has 0 saturated heterocycles. The molecule has 102 valence electrons. The van der Waals surface area contributed by atoms with Gasteiger partial charge >= 0.3 is 0 Å². The zero-order valence-corrected chi connectivity index (χ0v) is 11.8. The van der Waals surface area contributed by atoms with E-state index in [4.69, 9.17) is 0 Å². The summed E-state index contributed by atoms with van der Waals surface area (Å²) in [6.45, 7) is 2.94. The maximum absolute atomic E-state index is 4.29. The zero-order valence-electron chi connectivity index (χ0n) is 10.9. The Morgan fingerprint density at radius 3 is 2.80 bits per heavy atom. The highest BCUT2D eigenvalue weighted by Crippen LogP contribution is 2.28. The molecule has 7 heteroatoms. The summed E-state index contributed by atoms with van der Waals surface area (Å²) < 4.78 is 0. The summed E-state index contributed by atoms with van der Waals surface area (Å²) in [7, 11) is 0. The molecule has 3 rings (SSSR count). The van der Waals surface area contributed by atoms with Crippen molar-refractivity contribution in [3.63, 3.8) is 0 Å². The lowest BCUT2D eigenvalue weighted by atomic mass is 10.1. The van der Waals surface area contributed by atoms with Crippen LogP contribution in [0, 0.1) is 0 Å². The average molecular weight is 286 g/mol. The first-order chi connectivity index (χ1) is 9.88. The van der Waals surface area contributed by atoms with Crippen LogP contribution in [0.15, 0.2) is 36.5 Å². The van der Waals surface area contributed by atoms with E-state index in [0.29, 0.717) is 0 Å². The van der Waals surface area contributed by atoms with Gasteiger partial charge in [0.15, 0.2) is 5.01 Å². The molecule has 0 aliphatic carbocycles. The monoisotopic (exact) mass is 286 g/mol. The third-order valence-corrected chi connectivity index (χ3v) is 3.87. The summed E-state index contributed by atoms with van der Waals surface area (Å²) in [6.07, 6.45) is 1.65. The lowest BCUT2D eigenvalue weighted by Crippen LogP contribution is -2.21. The van der Waals surface area contributed by atoms with Crippen molar-refractivity contribution >= 4 is 11.3 Å². The summed E-state index contributed by atoms with van der Waals surface area (Å²) in [4.78, 5) is 0. The Balaban J connectivity index is 1.92. The highest BCUT2D eigenvalue weighted by atomic mass is 32.1. The number of aromatic amines is 1. The van der Waals surface area contributed by atoms with Crippen molar-refractivity contribution in [2.75, 3.05) is 6.54 Å². The molecule has 0 amide bonds. The fraction of sp³-hybridized carbons (Fsp3) is 0.231. The zero-order chi connectivity index (χ0) is 13.8. The van der Waals surface area contributed by atoms with E-state index in [1.165, 1.54) is 16.9 Å². The number of H-pyrrole nitrogens is 1. The first kappa shape index (κ1) is 12.9. The second-order valence-corrected chi connectivity index (χ2v) is 5.21. The Bertz CT molecular complexity index is 649. The number of benzene rings is 1. The standard InChI is InChI=1S/C13H14N6S/c1-2-14-11(9-6-4-3-5-7-9)13-18-17-12(20-13)10-8-15-19-16-10/h3-8,11,14H,2H2,1H3,(H,15,16,19). The van der Waals surface area contributed by atoms with Crippen molar-refractivity contribution in [3.05, 3.63) is 47.1 Å². The molecule has 6 nitrogen and oxygen atoms in total. The average Bonchev–Trinajstić information content (AvgIpc) is 3.16. The number of aromatic nitrogens is 5. The van der Waals surface area contributed by atoms with E-state index in [1.54, 1.807) is 6.20 Å². The smallest absolute Gasteiger partial charge is 0.169 e. The van der Waals surface area contributed by atoms with Gasteiger partial charge in [-0.15, -0.1) is 10.2 Å². The van der Waals surface area contributed by atoms with Gasteiger partial charge in [-0.05, 0) is 12.1 Å². The minimum absolute atomic E-state index is 0.0550. The molecule has 0 fully saturated rings. The van der Waals surface area contributed by atoms with E-state index < -0.39 is 0 Å². The fourth-order valence-corrected chi connectivity index (χ4v) is 2.86. The van der Waals surface area contributed by atoms with Crippen molar-refractivity contribution in [2.24, 2.45) is 0 Å². The Labute approximate surface area is 120 Å². The van der Waals surface area contributed by atoms with Gasteiger partial charge in [0, 0.05) is 0 Å². The maximum Gasteiger partial charge on any atom is 0.169 e. The molecule has 1 unspecified atom stereocenters. The maximum atomic E-state index is 4.29. The molecule has 0 aliphatic heterocycles. The van der Waals surface area contributed by atoms with Crippen LogP contribution in [0.25, 0.3) is 10.7 Å². The minimum atomic E-state index is 0.0550. The Morgan fingerprint density at radius 1 is 1.25 bits per heavy atom. The van der Waals surface area contributed by atoms with Crippen molar-refractivity contribution in [2.45, 2.75) is 13.0 Å². The van der Waals surface area contributed by atoms with Gasteiger partial charge in [0.2, 0.25) is 0 Å². The Kier molecular flexibility index (Phi) is 3.80. The van der Waals surface area contributed by atoms with Crippen LogP contribution in [-0.4, -0.2) is 32.2 Å². The topological polar surface area (TPSA) is 79.4 Å². The molecule has 2 N–H and O–H groups in total. The summed E-state index contributed by atoms with van der Waals surface area (Å²) >= 11 is 1.53. The lowest BCUT2D eigenvalue weighted by molar-refractivity contribution is 0.621. The quantitative estimate of drug-likeness (QED) is 0.750. The lowest BCUT2D eigenvalue weighted by Gasteiger charge is -2.14. The van der Waals surface area contributed by atoms with Gasteiger partial charge in [-0.3, -0.25) is 0 Å². The summed E-state index contributed by atoms with van der Waals surface area (Å²) in [6, 6.07) is 10.3. The molecule has 0 bridgehead atoms. The van der Waals surface area contributed by atoms with E-state index in [9.17, 15) is 0 Å². The first-order valence-corrected chi connectivity index (χ1v) is 7.18. The highest BCUT2D eigenvalue weighted by Gasteiger charge is 2.19. The molecule has 1 atom stereocenters. The van der Waals surface area contributed by atoms with Gasteiger partial charge in [0.25, 0.3) is 0 Å². The van der Waals surface area contributed by atoms with Gasteiger partial charge in [0.1, 0.15) is 10.7 Å². The second kappa shape index (κ2) is 5.89. The molecule has 0 saturated carbocycles. The van der Waals surface area contributed by atoms with Gasteiger partial charge in [-0.25, -0.2) is 0 Å². The predicted octanol–water partition coefficient (Wildman–Crippen LogP) is 2.02. The largest absolute Gasteiger partial charge is 0.304 e.